The number of piperidine rings is 1. The number of rotatable bonds is 2. The molecule has 19 heavy (non-hydrogen) atoms. The quantitative estimate of drug-likeness (QED) is 0.839. The first-order valence-corrected chi connectivity index (χ1v) is 7.32. The molecule has 1 aliphatic rings. The largest absolute Gasteiger partial charge is 0.393 e. The highest BCUT2D eigenvalue weighted by Gasteiger charge is 2.34. The van der Waals surface area contributed by atoms with Gasteiger partial charge in [0.2, 0.25) is 0 Å². The van der Waals surface area contributed by atoms with Crippen molar-refractivity contribution >= 4 is 39.0 Å². The fourth-order valence-corrected chi connectivity index (χ4v) is 2.73. The molecular weight excluding hydrogens is 326 g/mol. The third-order valence-corrected chi connectivity index (χ3v) is 4.63. The Labute approximate surface area is 126 Å². The van der Waals surface area contributed by atoms with Gasteiger partial charge in [-0.25, -0.2) is 0 Å². The number of pyridine rings is 1. The summed E-state index contributed by atoms with van der Waals surface area (Å²) in [5.74, 6) is 0.0128. The summed E-state index contributed by atoms with van der Waals surface area (Å²) in [5, 5.41) is 0. The minimum Gasteiger partial charge on any atom is -0.393 e. The molecule has 2 heterocycles. The molecule has 6 heteroatoms. The molecule has 0 aliphatic carbocycles. The van der Waals surface area contributed by atoms with Crippen molar-refractivity contribution in [2.75, 3.05) is 13.1 Å². The normalized spacial score (nSPS) is 18.1. The SMILES string of the molecule is CC1(C(N)=S)CCN(C(=O)c2cncc(Br)c2)CC1. The van der Waals surface area contributed by atoms with Crippen molar-refractivity contribution in [2.24, 2.45) is 11.1 Å². The molecule has 0 unspecified atom stereocenters. The van der Waals surface area contributed by atoms with E-state index in [0.29, 0.717) is 23.6 Å². The van der Waals surface area contributed by atoms with E-state index in [1.54, 1.807) is 18.5 Å². The number of nitrogens with zero attached hydrogens (tertiary/aromatic N) is 2. The predicted molar refractivity (Wildman–Crippen MR) is 82.0 cm³/mol. The molecule has 1 saturated heterocycles. The highest BCUT2D eigenvalue weighted by Crippen LogP contribution is 2.31. The Morgan fingerprint density at radius 2 is 2.11 bits per heavy atom. The van der Waals surface area contributed by atoms with Crippen LogP contribution in [0.15, 0.2) is 22.9 Å². The Kier molecular flexibility index (Phi) is 4.20. The number of thiocarbonyl (C=S) groups is 1. The van der Waals surface area contributed by atoms with E-state index in [1.165, 1.54) is 0 Å². The lowest BCUT2D eigenvalue weighted by Gasteiger charge is -2.38. The number of hydrogen-bond acceptors (Lipinski definition) is 3. The molecule has 1 amide bonds. The van der Waals surface area contributed by atoms with E-state index in [2.05, 4.69) is 27.8 Å². The summed E-state index contributed by atoms with van der Waals surface area (Å²) >= 11 is 8.43. The Balaban J connectivity index is 2.06. The molecular formula is C13H16BrN3OS. The number of carbonyl (C=O) groups excluding carboxylic acids is 1. The van der Waals surface area contributed by atoms with E-state index >= 15 is 0 Å². The molecule has 0 saturated carbocycles. The number of hydrogen-bond donors (Lipinski definition) is 1. The number of amides is 1. The van der Waals surface area contributed by atoms with Crippen molar-refractivity contribution in [2.45, 2.75) is 19.8 Å². The molecule has 102 valence electrons. The fourth-order valence-electron chi connectivity index (χ4n) is 2.16. The first kappa shape index (κ1) is 14.4. The van der Waals surface area contributed by atoms with E-state index in [9.17, 15) is 4.79 Å². The third kappa shape index (κ3) is 3.12. The van der Waals surface area contributed by atoms with E-state index in [1.807, 2.05) is 4.90 Å². The molecule has 0 aromatic carbocycles. The van der Waals surface area contributed by atoms with Crippen LogP contribution in [-0.2, 0) is 0 Å². The molecule has 1 fully saturated rings. The molecule has 0 atom stereocenters. The van der Waals surface area contributed by atoms with Crippen molar-refractivity contribution in [3.63, 3.8) is 0 Å². The second kappa shape index (κ2) is 5.54. The molecule has 0 spiro atoms. The molecule has 1 aromatic rings. The average Bonchev–Trinajstić information content (AvgIpc) is 2.38. The maximum atomic E-state index is 12.3. The maximum absolute atomic E-state index is 12.3. The third-order valence-electron chi connectivity index (χ3n) is 3.70. The van der Waals surface area contributed by atoms with Crippen LogP contribution in [-0.4, -0.2) is 33.9 Å². The molecule has 1 aromatic heterocycles. The predicted octanol–water partition coefficient (Wildman–Crippen LogP) is 2.37. The van der Waals surface area contributed by atoms with Gasteiger partial charge in [0.1, 0.15) is 0 Å². The van der Waals surface area contributed by atoms with Crippen molar-refractivity contribution in [1.82, 2.24) is 9.88 Å². The summed E-state index contributed by atoms with van der Waals surface area (Å²) in [5.41, 5.74) is 6.25. The zero-order valence-corrected chi connectivity index (χ0v) is 13.1. The topological polar surface area (TPSA) is 59.2 Å². The van der Waals surface area contributed by atoms with Gasteiger partial charge in [0.05, 0.1) is 10.6 Å². The number of aromatic nitrogens is 1. The number of carbonyl (C=O) groups is 1. The van der Waals surface area contributed by atoms with Crippen LogP contribution >= 0.6 is 28.1 Å². The summed E-state index contributed by atoms with van der Waals surface area (Å²) < 4.78 is 0.809. The van der Waals surface area contributed by atoms with Gasteiger partial charge in [-0.05, 0) is 34.8 Å². The molecule has 2 N–H and O–H groups in total. The summed E-state index contributed by atoms with van der Waals surface area (Å²) in [4.78, 5) is 18.7. The van der Waals surface area contributed by atoms with Crippen molar-refractivity contribution in [1.29, 1.82) is 0 Å². The van der Waals surface area contributed by atoms with Crippen LogP contribution in [0.4, 0.5) is 0 Å². The first-order chi connectivity index (χ1) is 8.92. The van der Waals surface area contributed by atoms with Crippen molar-refractivity contribution in [3.05, 3.63) is 28.5 Å². The molecule has 0 bridgehead atoms. The zero-order chi connectivity index (χ0) is 14.0. The lowest BCUT2D eigenvalue weighted by molar-refractivity contribution is 0.0669. The van der Waals surface area contributed by atoms with Gasteiger partial charge in [-0.3, -0.25) is 9.78 Å². The number of likely N-dealkylation sites (tertiary alicyclic amines) is 1. The van der Waals surface area contributed by atoms with Crippen LogP contribution < -0.4 is 5.73 Å². The summed E-state index contributed by atoms with van der Waals surface area (Å²) in [6.45, 7) is 3.43. The summed E-state index contributed by atoms with van der Waals surface area (Å²) in [6, 6.07) is 1.79. The van der Waals surface area contributed by atoms with Crippen LogP contribution in [0, 0.1) is 5.41 Å². The smallest absolute Gasteiger partial charge is 0.255 e. The van der Waals surface area contributed by atoms with Crippen LogP contribution in [0.5, 0.6) is 0 Å². The lowest BCUT2D eigenvalue weighted by Crippen LogP contribution is -2.46. The maximum Gasteiger partial charge on any atom is 0.255 e. The van der Waals surface area contributed by atoms with Crippen LogP contribution in [0.3, 0.4) is 0 Å². The van der Waals surface area contributed by atoms with E-state index in [4.69, 9.17) is 18.0 Å². The van der Waals surface area contributed by atoms with Crippen molar-refractivity contribution < 1.29 is 4.79 Å². The molecule has 1 aliphatic heterocycles. The standard InChI is InChI=1S/C13H16BrN3OS/c1-13(12(15)19)2-4-17(5-3-13)11(18)9-6-10(14)8-16-7-9/h6-8H,2-5H2,1H3,(H2,15,19). The Bertz CT molecular complexity index is 512. The zero-order valence-electron chi connectivity index (χ0n) is 10.7. The van der Waals surface area contributed by atoms with E-state index in [0.717, 1.165) is 17.3 Å². The van der Waals surface area contributed by atoms with Gasteiger partial charge in [0, 0.05) is 35.4 Å². The van der Waals surface area contributed by atoms with Gasteiger partial charge in [0.15, 0.2) is 0 Å². The average molecular weight is 342 g/mol. The minimum atomic E-state index is -0.123. The van der Waals surface area contributed by atoms with Gasteiger partial charge < -0.3 is 10.6 Å². The van der Waals surface area contributed by atoms with Crippen LogP contribution in [0.25, 0.3) is 0 Å². The van der Waals surface area contributed by atoms with Gasteiger partial charge in [-0.2, -0.15) is 0 Å². The fraction of sp³-hybridized carbons (Fsp3) is 0.462. The van der Waals surface area contributed by atoms with Crippen LogP contribution in [0.2, 0.25) is 0 Å². The second-order valence-corrected chi connectivity index (χ2v) is 6.46. The lowest BCUT2D eigenvalue weighted by atomic mass is 9.80. The Morgan fingerprint density at radius 1 is 1.47 bits per heavy atom. The van der Waals surface area contributed by atoms with E-state index in [-0.39, 0.29) is 11.3 Å². The van der Waals surface area contributed by atoms with E-state index < -0.39 is 0 Å². The molecule has 2 rings (SSSR count). The highest BCUT2D eigenvalue weighted by atomic mass is 79.9. The Morgan fingerprint density at radius 3 is 2.63 bits per heavy atom. The van der Waals surface area contributed by atoms with Gasteiger partial charge in [-0.15, -0.1) is 0 Å². The highest BCUT2D eigenvalue weighted by molar-refractivity contribution is 9.10. The number of halogens is 1. The first-order valence-electron chi connectivity index (χ1n) is 6.12. The van der Waals surface area contributed by atoms with Crippen LogP contribution in [0.1, 0.15) is 30.1 Å². The summed E-state index contributed by atoms with van der Waals surface area (Å²) in [7, 11) is 0. The number of nitrogens with two attached hydrogens (primary N) is 1. The monoisotopic (exact) mass is 341 g/mol. The van der Waals surface area contributed by atoms with Gasteiger partial charge >= 0.3 is 0 Å². The molecule has 4 nitrogen and oxygen atoms in total. The minimum absolute atomic E-state index is 0.0128. The van der Waals surface area contributed by atoms with Gasteiger partial charge in [0.25, 0.3) is 5.91 Å². The Hall–Kier alpha value is -1.01. The summed E-state index contributed by atoms with van der Waals surface area (Å²) in [6.07, 6.45) is 4.89. The molecule has 0 radical (unpaired) electrons. The van der Waals surface area contributed by atoms with Crippen molar-refractivity contribution in [3.8, 4) is 0 Å². The van der Waals surface area contributed by atoms with Gasteiger partial charge in [-0.1, -0.05) is 19.1 Å². The second-order valence-electron chi connectivity index (χ2n) is 5.11.